The molecule has 0 atom stereocenters. The molecule has 3 aromatic carbocycles. The summed E-state index contributed by atoms with van der Waals surface area (Å²) in [7, 11) is -0.741. The molecule has 0 saturated heterocycles. The summed E-state index contributed by atoms with van der Waals surface area (Å²) in [4.78, 5) is 29.5. The van der Waals surface area contributed by atoms with Gasteiger partial charge in [-0.2, -0.15) is 4.36 Å². The first-order valence-electron chi connectivity index (χ1n) is 12.5. The molecule has 0 aliphatic heterocycles. The van der Waals surface area contributed by atoms with Crippen LogP contribution in [0.3, 0.4) is 0 Å². The number of rotatable bonds is 7. The molecule has 1 aromatic heterocycles. The van der Waals surface area contributed by atoms with Gasteiger partial charge in [-0.05, 0) is 81.2 Å². The van der Waals surface area contributed by atoms with Crippen molar-refractivity contribution in [2.45, 2.75) is 56.5 Å². The van der Waals surface area contributed by atoms with E-state index < -0.39 is 10.7 Å². The fourth-order valence-corrected chi connectivity index (χ4v) is 5.76. The van der Waals surface area contributed by atoms with E-state index in [9.17, 15) is 9.59 Å². The maximum absolute atomic E-state index is 13.8. The second-order valence-corrected chi connectivity index (χ2v) is 11.2. The number of nitrogens with zero attached hydrogens (tertiary/aromatic N) is 3. The first kappa shape index (κ1) is 26.3. The van der Waals surface area contributed by atoms with E-state index in [-0.39, 0.29) is 23.3 Å². The van der Waals surface area contributed by atoms with Crippen LogP contribution >= 0.6 is 0 Å². The monoisotopic (exact) mass is 511 g/mol. The Bertz CT molecular complexity index is 1510. The third-order valence-corrected chi connectivity index (χ3v) is 7.79. The molecule has 0 bridgehead atoms. The predicted octanol–water partition coefficient (Wildman–Crippen LogP) is 7.20. The van der Waals surface area contributed by atoms with Crippen molar-refractivity contribution in [1.82, 2.24) is 9.13 Å². The van der Waals surface area contributed by atoms with Crippen LogP contribution in [0.5, 0.6) is 0 Å². The molecule has 0 aliphatic rings. The Hall–Kier alpha value is -3.77. The topological polar surface area (TPSA) is 56.4 Å². The lowest BCUT2D eigenvalue weighted by Crippen LogP contribution is -2.42. The molecule has 0 saturated carbocycles. The zero-order valence-corrected chi connectivity index (χ0v) is 22.8. The lowest BCUT2D eigenvalue weighted by Gasteiger charge is -2.21. The van der Waals surface area contributed by atoms with Crippen molar-refractivity contribution >= 4 is 28.7 Å². The maximum Gasteiger partial charge on any atom is 0.333 e. The summed E-state index contributed by atoms with van der Waals surface area (Å²) in [6.45, 7) is 9.66. The Morgan fingerprint density at radius 3 is 1.70 bits per heavy atom. The van der Waals surface area contributed by atoms with Crippen LogP contribution in [0.4, 0.5) is 5.82 Å². The molecule has 4 rings (SSSR count). The fourth-order valence-electron chi connectivity index (χ4n) is 4.09. The Labute approximate surface area is 220 Å². The van der Waals surface area contributed by atoms with Crippen LogP contribution in [-0.4, -0.2) is 9.13 Å². The van der Waals surface area contributed by atoms with Crippen molar-refractivity contribution in [3.63, 3.8) is 0 Å². The van der Waals surface area contributed by atoms with E-state index in [2.05, 4.69) is 0 Å². The summed E-state index contributed by atoms with van der Waals surface area (Å²) in [6, 6.07) is 27.6. The van der Waals surface area contributed by atoms with Gasteiger partial charge >= 0.3 is 5.69 Å². The minimum atomic E-state index is -0.741. The van der Waals surface area contributed by atoms with Gasteiger partial charge in [0.1, 0.15) is 0 Å². The number of aryl methyl sites for hydroxylation is 1. The summed E-state index contributed by atoms with van der Waals surface area (Å²) in [5.74, 6) is 0.404. The van der Waals surface area contributed by atoms with E-state index in [4.69, 9.17) is 4.36 Å². The average Bonchev–Trinajstić information content (AvgIpc) is 2.88. The van der Waals surface area contributed by atoms with E-state index in [0.717, 1.165) is 20.9 Å². The number of hydrogen-bond acceptors (Lipinski definition) is 3. The quantitative estimate of drug-likeness (QED) is 0.263. The summed E-state index contributed by atoms with van der Waals surface area (Å²) >= 11 is 0. The zero-order chi connectivity index (χ0) is 26.5. The summed E-state index contributed by atoms with van der Waals surface area (Å²) in [5.41, 5.74) is 1.87. The van der Waals surface area contributed by atoms with Gasteiger partial charge in [0.2, 0.25) is 0 Å². The molecule has 0 fully saturated rings. The molecule has 0 spiro atoms. The summed E-state index contributed by atoms with van der Waals surface area (Å²) < 4.78 is 8.18. The number of hydrogen-bond donors (Lipinski definition) is 0. The molecule has 0 amide bonds. The summed E-state index contributed by atoms with van der Waals surface area (Å²) in [5, 5.41) is 0. The van der Waals surface area contributed by atoms with Crippen LogP contribution in [0.2, 0.25) is 0 Å². The molecule has 0 aliphatic carbocycles. The smallest absolute Gasteiger partial charge is 0.274 e. The van der Waals surface area contributed by atoms with Crippen LogP contribution in [0.25, 0.3) is 12.2 Å². The Kier molecular flexibility index (Phi) is 8.19. The normalized spacial score (nSPS) is 11.7. The first-order chi connectivity index (χ1) is 17.8. The van der Waals surface area contributed by atoms with E-state index in [0.29, 0.717) is 11.4 Å². The molecule has 6 heteroatoms. The van der Waals surface area contributed by atoms with E-state index in [1.807, 2.05) is 126 Å². The van der Waals surface area contributed by atoms with Gasteiger partial charge < -0.3 is 0 Å². The highest BCUT2D eigenvalue weighted by molar-refractivity contribution is 7.87. The molecule has 190 valence electrons. The highest BCUT2D eigenvalue weighted by Gasteiger charge is 2.22. The standard InChI is InChI=1S/C31H33N3O2S/c1-22(2)33-29(32-37(26-12-8-6-9-13-26)27-14-10-7-11-15-27)28(30(35)34(23(3)4)31(33)36)21-20-25-18-16-24(5)17-19-25/h6-23H,1-5H3/b21-20+. The maximum atomic E-state index is 13.8. The molecule has 37 heavy (non-hydrogen) atoms. The minimum Gasteiger partial charge on any atom is -0.274 e. The molecular formula is C31H33N3O2S. The fraction of sp³-hybridized carbons (Fsp3) is 0.226. The van der Waals surface area contributed by atoms with Crippen molar-refractivity contribution in [3.05, 3.63) is 122 Å². The van der Waals surface area contributed by atoms with Gasteiger partial charge in [-0.1, -0.05) is 72.3 Å². The largest absolute Gasteiger partial charge is 0.333 e. The number of benzene rings is 3. The van der Waals surface area contributed by atoms with Crippen LogP contribution in [0, 0.1) is 6.92 Å². The van der Waals surface area contributed by atoms with Crippen molar-refractivity contribution in [2.75, 3.05) is 0 Å². The van der Waals surface area contributed by atoms with Gasteiger partial charge in [0.15, 0.2) is 5.82 Å². The second-order valence-electron chi connectivity index (χ2n) is 9.50. The van der Waals surface area contributed by atoms with Crippen molar-refractivity contribution in [2.24, 2.45) is 4.36 Å². The first-order valence-corrected chi connectivity index (χ1v) is 13.7. The second kappa shape index (κ2) is 11.5. The van der Waals surface area contributed by atoms with Gasteiger partial charge in [0, 0.05) is 21.9 Å². The lowest BCUT2D eigenvalue weighted by molar-refractivity contribution is 0.476. The van der Waals surface area contributed by atoms with Crippen LogP contribution < -0.4 is 11.2 Å². The summed E-state index contributed by atoms with van der Waals surface area (Å²) in [6.07, 6.45) is 3.72. The minimum absolute atomic E-state index is 0.194. The molecule has 4 aromatic rings. The van der Waals surface area contributed by atoms with Crippen molar-refractivity contribution in [1.29, 1.82) is 0 Å². The van der Waals surface area contributed by atoms with Crippen molar-refractivity contribution < 1.29 is 0 Å². The molecule has 0 radical (unpaired) electrons. The van der Waals surface area contributed by atoms with E-state index in [1.54, 1.807) is 10.6 Å². The van der Waals surface area contributed by atoms with Crippen molar-refractivity contribution in [3.8, 4) is 0 Å². The lowest BCUT2D eigenvalue weighted by atomic mass is 10.1. The Morgan fingerprint density at radius 2 is 1.22 bits per heavy atom. The van der Waals surface area contributed by atoms with Gasteiger partial charge in [-0.25, -0.2) is 4.79 Å². The molecule has 0 unspecified atom stereocenters. The third-order valence-electron chi connectivity index (χ3n) is 5.99. The van der Waals surface area contributed by atoms with Crippen LogP contribution in [-0.2, 0) is 10.7 Å². The molecular weight excluding hydrogens is 478 g/mol. The van der Waals surface area contributed by atoms with E-state index in [1.165, 1.54) is 4.57 Å². The SMILES string of the molecule is Cc1ccc(/C=C/c2c(N=S(c3ccccc3)c3ccccc3)n(C(C)C)c(=O)n(C(C)C)c2=O)cc1. The van der Waals surface area contributed by atoms with E-state index >= 15 is 0 Å². The zero-order valence-electron chi connectivity index (χ0n) is 22.0. The van der Waals surface area contributed by atoms with Gasteiger partial charge in [-0.3, -0.25) is 13.9 Å². The average molecular weight is 512 g/mol. The van der Waals surface area contributed by atoms with Gasteiger partial charge in [0.05, 0.1) is 5.56 Å². The predicted molar refractivity (Wildman–Crippen MR) is 155 cm³/mol. The molecule has 1 heterocycles. The highest BCUT2D eigenvalue weighted by atomic mass is 32.2. The number of aromatic nitrogens is 2. The third kappa shape index (κ3) is 5.81. The van der Waals surface area contributed by atoms with Crippen LogP contribution in [0.1, 0.15) is 56.5 Å². The Balaban J connectivity index is 2.08. The highest BCUT2D eigenvalue weighted by Crippen LogP contribution is 2.28. The molecule has 5 nitrogen and oxygen atoms in total. The van der Waals surface area contributed by atoms with Gasteiger partial charge in [-0.15, -0.1) is 0 Å². The molecule has 0 N–H and O–H groups in total. The Morgan fingerprint density at radius 1 is 0.703 bits per heavy atom. The van der Waals surface area contributed by atoms with Crippen LogP contribution in [0.15, 0.2) is 109 Å². The van der Waals surface area contributed by atoms with Gasteiger partial charge in [0.25, 0.3) is 5.56 Å².